The highest BCUT2D eigenvalue weighted by atomic mass is 15.0. The van der Waals surface area contributed by atoms with Crippen LogP contribution in [0.5, 0.6) is 0 Å². The van der Waals surface area contributed by atoms with Gasteiger partial charge >= 0.3 is 0 Å². The maximum Gasteiger partial charge on any atom is 0.0991 e. The molecule has 0 N–H and O–H groups in total. The highest BCUT2D eigenvalue weighted by molar-refractivity contribution is 6.12. The van der Waals surface area contributed by atoms with Crippen molar-refractivity contribution >= 4 is 49.2 Å². The molecule has 0 saturated carbocycles. The molecule has 3 nitrogen and oxygen atoms in total. The lowest BCUT2D eigenvalue weighted by Crippen LogP contribution is -2.01. The maximum absolute atomic E-state index is 9.76. The number of aromatic nitrogens is 2. The summed E-state index contributed by atoms with van der Waals surface area (Å²) < 4.78 is 4.75. The molecule has 0 fully saturated rings. The third kappa shape index (κ3) is 4.05. The Morgan fingerprint density at radius 3 is 2.00 bits per heavy atom. The fourth-order valence-electron chi connectivity index (χ4n) is 7.30. The Morgan fingerprint density at radius 1 is 0.543 bits per heavy atom. The zero-order valence-electron chi connectivity index (χ0n) is 25.2. The molecule has 0 aliphatic heterocycles. The predicted molar refractivity (Wildman–Crippen MR) is 192 cm³/mol. The predicted octanol–water partition coefficient (Wildman–Crippen LogP) is 11.2. The highest BCUT2D eigenvalue weighted by Gasteiger charge is 2.19. The van der Waals surface area contributed by atoms with Gasteiger partial charge in [-0.25, -0.2) is 0 Å². The number of fused-ring (bicyclic) bond motifs is 6. The van der Waals surface area contributed by atoms with Crippen molar-refractivity contribution in [3.05, 3.63) is 163 Å². The lowest BCUT2D eigenvalue weighted by molar-refractivity contribution is 1.04. The smallest absolute Gasteiger partial charge is 0.0991 e. The molecule has 1 aliphatic carbocycles. The van der Waals surface area contributed by atoms with Crippen LogP contribution >= 0.6 is 0 Å². The summed E-state index contributed by atoms with van der Waals surface area (Å²) in [5.41, 5.74) is 12.4. The first-order valence-corrected chi connectivity index (χ1v) is 15.8. The standard InChI is InChI=1S/C43H29N3/c44-28-29-19-23-41(37(25-29)30-11-3-1-4-12-30)46-40-18-10-8-16-35(40)38-26-31(21-24-42(38)46)32-20-22-36-34-15-7-9-17-39(34)45(43(36)27-32)33-13-5-2-6-14-33/h1-3,5-11,13-27H,4,12H2. The molecular weight excluding hydrogens is 558 g/mol. The van der Waals surface area contributed by atoms with Gasteiger partial charge < -0.3 is 9.13 Å². The zero-order valence-corrected chi connectivity index (χ0v) is 25.2. The van der Waals surface area contributed by atoms with Crippen LogP contribution in [0.2, 0.25) is 0 Å². The molecule has 216 valence electrons. The number of benzene rings is 6. The van der Waals surface area contributed by atoms with E-state index < -0.39 is 0 Å². The van der Waals surface area contributed by atoms with Crippen LogP contribution in [0.1, 0.15) is 24.0 Å². The SMILES string of the molecule is N#Cc1ccc(-n2c3ccccc3c3cc(-c4ccc5c6ccccc6n(-c6ccccc6)c5c4)ccc32)c(C2=CC=CCC2)c1. The van der Waals surface area contributed by atoms with Gasteiger partial charge in [-0.15, -0.1) is 0 Å². The lowest BCUT2D eigenvalue weighted by Gasteiger charge is -2.17. The van der Waals surface area contributed by atoms with Gasteiger partial charge in [0.05, 0.1) is 39.4 Å². The summed E-state index contributed by atoms with van der Waals surface area (Å²) in [5.74, 6) is 0. The van der Waals surface area contributed by atoms with Gasteiger partial charge in [0.1, 0.15) is 0 Å². The third-order valence-electron chi connectivity index (χ3n) is 9.42. The van der Waals surface area contributed by atoms with Gasteiger partial charge in [-0.05, 0) is 90.2 Å². The first-order valence-electron chi connectivity index (χ1n) is 15.8. The summed E-state index contributed by atoms with van der Waals surface area (Å²) in [6.07, 6.45) is 8.50. The number of hydrogen-bond donors (Lipinski definition) is 0. The van der Waals surface area contributed by atoms with Gasteiger partial charge in [-0.3, -0.25) is 0 Å². The van der Waals surface area contributed by atoms with Crippen LogP contribution in [-0.2, 0) is 0 Å². The molecule has 2 aromatic heterocycles. The average molecular weight is 588 g/mol. The minimum atomic E-state index is 0.681. The van der Waals surface area contributed by atoms with Crippen LogP contribution in [0, 0.1) is 11.3 Å². The Kier molecular flexibility index (Phi) is 6.01. The average Bonchev–Trinajstić information content (AvgIpc) is 3.64. The van der Waals surface area contributed by atoms with Crippen LogP contribution in [-0.4, -0.2) is 9.13 Å². The van der Waals surface area contributed by atoms with Crippen molar-refractivity contribution in [3.63, 3.8) is 0 Å². The van der Waals surface area contributed by atoms with Crippen LogP contribution in [0.15, 0.2) is 152 Å². The minimum absolute atomic E-state index is 0.681. The quantitative estimate of drug-likeness (QED) is 0.202. The van der Waals surface area contributed by atoms with Gasteiger partial charge in [0.15, 0.2) is 0 Å². The van der Waals surface area contributed by atoms with Crippen LogP contribution < -0.4 is 0 Å². The fourth-order valence-corrected chi connectivity index (χ4v) is 7.30. The van der Waals surface area contributed by atoms with E-state index in [1.54, 1.807) is 0 Å². The van der Waals surface area contributed by atoms with Crippen molar-refractivity contribution in [3.8, 4) is 28.6 Å². The van der Waals surface area contributed by atoms with Crippen molar-refractivity contribution in [2.45, 2.75) is 12.8 Å². The van der Waals surface area contributed by atoms with Crippen LogP contribution in [0.3, 0.4) is 0 Å². The van der Waals surface area contributed by atoms with E-state index in [1.165, 1.54) is 49.3 Å². The Hall–Kier alpha value is -6.11. The van der Waals surface area contributed by atoms with E-state index in [0.29, 0.717) is 5.56 Å². The number of nitriles is 1. The molecule has 46 heavy (non-hydrogen) atoms. The van der Waals surface area contributed by atoms with E-state index in [2.05, 4.69) is 161 Å². The molecule has 3 heteroatoms. The molecule has 0 atom stereocenters. The maximum atomic E-state index is 9.76. The van der Waals surface area contributed by atoms with E-state index >= 15 is 0 Å². The van der Waals surface area contributed by atoms with Crippen molar-refractivity contribution < 1.29 is 0 Å². The number of allylic oxidation sites excluding steroid dienone is 4. The summed E-state index contributed by atoms with van der Waals surface area (Å²) in [5, 5.41) is 14.7. The van der Waals surface area contributed by atoms with E-state index in [1.807, 2.05) is 6.07 Å². The van der Waals surface area contributed by atoms with E-state index in [9.17, 15) is 5.26 Å². The Balaban J connectivity index is 1.27. The van der Waals surface area contributed by atoms with E-state index in [0.717, 1.165) is 40.8 Å². The topological polar surface area (TPSA) is 33.6 Å². The van der Waals surface area contributed by atoms with E-state index in [-0.39, 0.29) is 0 Å². The summed E-state index contributed by atoms with van der Waals surface area (Å²) in [6, 6.07) is 50.1. The molecule has 0 spiro atoms. The van der Waals surface area contributed by atoms with Gasteiger partial charge in [0, 0.05) is 32.8 Å². The molecule has 8 aromatic rings. The fraction of sp³-hybridized carbons (Fsp3) is 0.0465. The van der Waals surface area contributed by atoms with Crippen molar-refractivity contribution in [1.82, 2.24) is 9.13 Å². The first kappa shape index (κ1) is 26.3. The summed E-state index contributed by atoms with van der Waals surface area (Å²) in [4.78, 5) is 0. The molecule has 2 heterocycles. The second-order valence-electron chi connectivity index (χ2n) is 12.0. The largest absolute Gasteiger partial charge is 0.309 e. The van der Waals surface area contributed by atoms with Gasteiger partial charge in [-0.2, -0.15) is 5.26 Å². The summed E-state index contributed by atoms with van der Waals surface area (Å²) >= 11 is 0. The third-order valence-corrected chi connectivity index (χ3v) is 9.42. The van der Waals surface area contributed by atoms with Crippen molar-refractivity contribution in [1.29, 1.82) is 5.26 Å². The molecule has 6 aromatic carbocycles. The monoisotopic (exact) mass is 587 g/mol. The van der Waals surface area contributed by atoms with Gasteiger partial charge in [0.2, 0.25) is 0 Å². The highest BCUT2D eigenvalue weighted by Crippen LogP contribution is 2.40. The number of nitrogens with zero attached hydrogens (tertiary/aromatic N) is 3. The van der Waals surface area contributed by atoms with E-state index in [4.69, 9.17) is 0 Å². The Morgan fingerprint density at radius 2 is 1.22 bits per heavy atom. The number of hydrogen-bond acceptors (Lipinski definition) is 1. The summed E-state index contributed by atoms with van der Waals surface area (Å²) in [6.45, 7) is 0. The van der Waals surface area contributed by atoms with Gasteiger partial charge in [0.25, 0.3) is 0 Å². The Labute approximate surface area is 267 Å². The minimum Gasteiger partial charge on any atom is -0.309 e. The summed E-state index contributed by atoms with van der Waals surface area (Å²) in [7, 11) is 0. The molecule has 1 aliphatic rings. The first-order chi connectivity index (χ1) is 22.8. The van der Waals surface area contributed by atoms with Crippen molar-refractivity contribution in [2.24, 2.45) is 0 Å². The normalized spacial score (nSPS) is 13.1. The molecule has 0 saturated heterocycles. The molecule has 9 rings (SSSR count). The molecular formula is C43H29N3. The van der Waals surface area contributed by atoms with Crippen molar-refractivity contribution in [2.75, 3.05) is 0 Å². The number of rotatable bonds is 4. The van der Waals surface area contributed by atoms with Crippen LogP contribution in [0.4, 0.5) is 0 Å². The second kappa shape index (κ2) is 10.5. The van der Waals surface area contributed by atoms with Crippen LogP contribution in [0.25, 0.3) is 71.7 Å². The lowest BCUT2D eigenvalue weighted by atomic mass is 9.94. The molecule has 0 radical (unpaired) electrons. The number of para-hydroxylation sites is 3. The molecule has 0 unspecified atom stereocenters. The molecule has 0 amide bonds. The second-order valence-corrected chi connectivity index (χ2v) is 12.0. The van der Waals surface area contributed by atoms with Gasteiger partial charge in [-0.1, -0.05) is 91.0 Å². The Bertz CT molecular complexity index is 2590. The molecule has 0 bridgehead atoms. The zero-order chi connectivity index (χ0) is 30.6.